The zero-order valence-electron chi connectivity index (χ0n) is 11.2. The molecule has 0 fully saturated rings. The van der Waals surface area contributed by atoms with Gasteiger partial charge in [-0.05, 0) is 13.8 Å². The van der Waals surface area contributed by atoms with E-state index in [0.717, 1.165) is 0 Å². The highest BCUT2D eigenvalue weighted by Crippen LogP contribution is 2.17. The fourth-order valence-electron chi connectivity index (χ4n) is 1.50. The van der Waals surface area contributed by atoms with Crippen LogP contribution in [0.1, 0.15) is 11.5 Å². The van der Waals surface area contributed by atoms with Gasteiger partial charge in [-0.3, -0.25) is 0 Å². The van der Waals surface area contributed by atoms with Crippen LogP contribution in [-0.4, -0.2) is 46.9 Å². The number of sulfonamides is 1. The highest BCUT2D eigenvalue weighted by atomic mass is 35.5. The number of hydrogen-bond acceptors (Lipinski definition) is 6. The molecule has 0 saturated heterocycles. The minimum Gasteiger partial charge on any atom is -0.383 e. The first-order valence-corrected chi connectivity index (χ1v) is 7.09. The molecule has 0 aliphatic carbocycles. The number of nitrogens with one attached hydrogen (secondary N) is 2. The summed E-state index contributed by atoms with van der Waals surface area (Å²) in [6.45, 7) is 5.29. The van der Waals surface area contributed by atoms with Gasteiger partial charge in [0, 0.05) is 26.7 Å². The van der Waals surface area contributed by atoms with E-state index in [0.29, 0.717) is 37.7 Å². The summed E-state index contributed by atoms with van der Waals surface area (Å²) in [6, 6.07) is 0. The molecular formula is C10H20ClN3O4S. The van der Waals surface area contributed by atoms with Crippen molar-refractivity contribution in [2.24, 2.45) is 0 Å². The smallest absolute Gasteiger partial charge is 0.246 e. The van der Waals surface area contributed by atoms with Crippen molar-refractivity contribution in [3.63, 3.8) is 0 Å². The van der Waals surface area contributed by atoms with Crippen molar-refractivity contribution < 1.29 is 17.7 Å². The second-order valence-electron chi connectivity index (χ2n) is 3.79. The zero-order valence-corrected chi connectivity index (χ0v) is 12.9. The van der Waals surface area contributed by atoms with Crippen molar-refractivity contribution in [1.82, 2.24) is 15.2 Å². The Morgan fingerprint density at radius 3 is 2.47 bits per heavy atom. The van der Waals surface area contributed by atoms with E-state index in [-0.39, 0.29) is 17.3 Å². The summed E-state index contributed by atoms with van der Waals surface area (Å²) in [6.07, 6.45) is 0. The third kappa shape index (κ3) is 5.45. The van der Waals surface area contributed by atoms with Crippen LogP contribution in [0.25, 0.3) is 0 Å². The van der Waals surface area contributed by atoms with Crippen molar-refractivity contribution in [1.29, 1.82) is 0 Å². The summed E-state index contributed by atoms with van der Waals surface area (Å²) in [5.41, 5.74) is 0.368. The topological polar surface area (TPSA) is 93.5 Å². The zero-order chi connectivity index (χ0) is 13.6. The van der Waals surface area contributed by atoms with Crippen LogP contribution in [0.15, 0.2) is 9.42 Å². The molecule has 0 atom stereocenters. The van der Waals surface area contributed by atoms with Crippen LogP contribution in [-0.2, 0) is 14.8 Å². The van der Waals surface area contributed by atoms with Crippen LogP contribution in [0.3, 0.4) is 0 Å². The van der Waals surface area contributed by atoms with Gasteiger partial charge in [0.1, 0.15) is 10.6 Å². The molecule has 19 heavy (non-hydrogen) atoms. The number of aromatic nitrogens is 1. The Labute approximate surface area is 119 Å². The van der Waals surface area contributed by atoms with E-state index in [4.69, 9.17) is 9.26 Å². The van der Waals surface area contributed by atoms with E-state index < -0.39 is 10.0 Å². The molecule has 112 valence electrons. The number of halogens is 1. The average Bonchev–Trinajstić information content (AvgIpc) is 2.64. The predicted molar refractivity (Wildman–Crippen MR) is 73.2 cm³/mol. The Morgan fingerprint density at radius 1 is 1.26 bits per heavy atom. The number of ether oxygens (including phenoxy) is 1. The van der Waals surface area contributed by atoms with E-state index in [9.17, 15) is 8.42 Å². The Morgan fingerprint density at radius 2 is 1.95 bits per heavy atom. The third-order valence-electron chi connectivity index (χ3n) is 2.31. The summed E-state index contributed by atoms with van der Waals surface area (Å²) < 4.78 is 36.1. The molecule has 0 aromatic carbocycles. The molecule has 9 heteroatoms. The van der Waals surface area contributed by atoms with Crippen molar-refractivity contribution >= 4 is 22.4 Å². The Kier molecular flexibility index (Phi) is 8.19. The van der Waals surface area contributed by atoms with Gasteiger partial charge >= 0.3 is 0 Å². The van der Waals surface area contributed by atoms with Gasteiger partial charge in [-0.15, -0.1) is 12.4 Å². The maximum atomic E-state index is 12.0. The van der Waals surface area contributed by atoms with Gasteiger partial charge in [-0.25, -0.2) is 13.1 Å². The van der Waals surface area contributed by atoms with Gasteiger partial charge in [0.25, 0.3) is 0 Å². The molecule has 0 spiro atoms. The summed E-state index contributed by atoms with van der Waals surface area (Å²) in [4.78, 5) is 0.124. The molecule has 1 aromatic rings. The second-order valence-corrected chi connectivity index (χ2v) is 5.50. The molecule has 0 saturated carbocycles. The van der Waals surface area contributed by atoms with Crippen LogP contribution in [0, 0.1) is 13.8 Å². The minimum absolute atomic E-state index is 0. The summed E-state index contributed by atoms with van der Waals surface area (Å²) in [7, 11) is -1.94. The first-order chi connectivity index (χ1) is 8.49. The predicted octanol–water partition coefficient (Wildman–Crippen LogP) is 0.228. The normalized spacial score (nSPS) is 11.3. The lowest BCUT2D eigenvalue weighted by Crippen LogP contribution is -2.33. The van der Waals surface area contributed by atoms with E-state index in [1.165, 1.54) is 0 Å². The van der Waals surface area contributed by atoms with E-state index in [1.807, 2.05) is 0 Å². The van der Waals surface area contributed by atoms with Gasteiger partial charge in [-0.2, -0.15) is 0 Å². The quantitative estimate of drug-likeness (QED) is 0.667. The lowest BCUT2D eigenvalue weighted by atomic mass is 10.4. The standard InChI is InChI=1S/C10H19N3O4S.ClH/c1-8-10(9(2)17-13-8)18(14,15)12-5-4-11-6-7-16-3;/h11-12H,4-7H2,1-3H3;1H. The summed E-state index contributed by atoms with van der Waals surface area (Å²) >= 11 is 0. The lowest BCUT2D eigenvalue weighted by Gasteiger charge is -2.07. The Balaban J connectivity index is 0.00000324. The first kappa shape index (κ1) is 18.3. The van der Waals surface area contributed by atoms with E-state index in [2.05, 4.69) is 15.2 Å². The van der Waals surface area contributed by atoms with Crippen LogP contribution < -0.4 is 10.0 Å². The molecule has 7 nitrogen and oxygen atoms in total. The molecule has 0 unspecified atom stereocenters. The number of hydrogen-bond donors (Lipinski definition) is 2. The van der Waals surface area contributed by atoms with Gasteiger partial charge in [0.05, 0.1) is 6.61 Å². The monoisotopic (exact) mass is 313 g/mol. The fourth-order valence-corrected chi connectivity index (χ4v) is 2.86. The maximum Gasteiger partial charge on any atom is 0.246 e. The maximum absolute atomic E-state index is 12.0. The Hall–Kier alpha value is -0.670. The van der Waals surface area contributed by atoms with E-state index >= 15 is 0 Å². The molecule has 1 aromatic heterocycles. The minimum atomic E-state index is -3.55. The van der Waals surface area contributed by atoms with Crippen molar-refractivity contribution in [2.75, 3.05) is 33.4 Å². The molecule has 0 radical (unpaired) electrons. The van der Waals surface area contributed by atoms with Gasteiger partial charge in [0.15, 0.2) is 5.76 Å². The summed E-state index contributed by atoms with van der Waals surface area (Å²) in [5.74, 6) is 0.298. The third-order valence-corrected chi connectivity index (χ3v) is 4.02. The van der Waals surface area contributed by atoms with Gasteiger partial charge in [0.2, 0.25) is 10.0 Å². The molecular weight excluding hydrogens is 294 g/mol. The highest BCUT2D eigenvalue weighted by molar-refractivity contribution is 7.89. The average molecular weight is 314 g/mol. The Bertz CT molecular complexity index is 456. The molecule has 0 amide bonds. The molecule has 1 rings (SSSR count). The van der Waals surface area contributed by atoms with Crippen molar-refractivity contribution in [3.8, 4) is 0 Å². The molecule has 0 aliphatic heterocycles. The van der Waals surface area contributed by atoms with Crippen LogP contribution in [0.2, 0.25) is 0 Å². The van der Waals surface area contributed by atoms with Crippen LogP contribution >= 0.6 is 12.4 Å². The van der Waals surface area contributed by atoms with Gasteiger partial charge < -0.3 is 14.6 Å². The van der Waals surface area contributed by atoms with Crippen molar-refractivity contribution in [2.45, 2.75) is 18.7 Å². The van der Waals surface area contributed by atoms with Gasteiger partial charge in [-0.1, -0.05) is 5.16 Å². The number of nitrogens with zero attached hydrogens (tertiary/aromatic N) is 1. The SMILES string of the molecule is COCCNCCNS(=O)(=O)c1c(C)noc1C.Cl. The van der Waals surface area contributed by atoms with E-state index in [1.54, 1.807) is 21.0 Å². The molecule has 0 bridgehead atoms. The van der Waals surface area contributed by atoms with Crippen LogP contribution in [0.4, 0.5) is 0 Å². The summed E-state index contributed by atoms with van der Waals surface area (Å²) in [5, 5.41) is 6.67. The number of methoxy groups -OCH3 is 1. The molecule has 1 heterocycles. The largest absolute Gasteiger partial charge is 0.383 e. The van der Waals surface area contributed by atoms with Crippen LogP contribution in [0.5, 0.6) is 0 Å². The highest BCUT2D eigenvalue weighted by Gasteiger charge is 2.23. The number of rotatable bonds is 8. The molecule has 0 aliphatic rings. The second kappa shape index (κ2) is 8.49. The van der Waals surface area contributed by atoms with Crippen molar-refractivity contribution in [3.05, 3.63) is 11.5 Å². The number of aryl methyl sites for hydroxylation is 2. The fraction of sp³-hybridized carbons (Fsp3) is 0.700. The molecule has 2 N–H and O–H groups in total. The first-order valence-electron chi connectivity index (χ1n) is 5.61. The lowest BCUT2D eigenvalue weighted by molar-refractivity contribution is 0.199.